The van der Waals surface area contributed by atoms with Gasteiger partial charge in [-0.05, 0) is 43.4 Å². The summed E-state index contributed by atoms with van der Waals surface area (Å²) < 4.78 is 0. The topological polar surface area (TPSA) is 42.2 Å². The molecule has 1 aromatic heterocycles. The summed E-state index contributed by atoms with van der Waals surface area (Å²) in [6, 6.07) is 5.38. The number of rotatable bonds is 6. The molecule has 1 heterocycles. The van der Waals surface area contributed by atoms with Crippen LogP contribution in [0.4, 0.5) is 0 Å². The molecule has 112 valence electrons. The first-order valence-electron chi connectivity index (χ1n) is 8.01. The highest BCUT2D eigenvalue weighted by Crippen LogP contribution is 2.33. The molecule has 0 radical (unpaired) electrons. The van der Waals surface area contributed by atoms with Gasteiger partial charge in [0, 0.05) is 31.0 Å². The van der Waals surface area contributed by atoms with E-state index >= 15 is 0 Å². The summed E-state index contributed by atoms with van der Waals surface area (Å²) in [7, 11) is 0. The van der Waals surface area contributed by atoms with Gasteiger partial charge in [-0.25, -0.2) is 0 Å². The molecule has 2 rings (SSSR count). The Morgan fingerprint density at radius 2 is 1.80 bits per heavy atom. The number of nitrogens with two attached hydrogens (primary N) is 1. The second kappa shape index (κ2) is 7.19. The summed E-state index contributed by atoms with van der Waals surface area (Å²) in [4.78, 5) is 6.81. The van der Waals surface area contributed by atoms with Gasteiger partial charge in [0.25, 0.3) is 0 Å². The van der Waals surface area contributed by atoms with E-state index in [2.05, 4.69) is 42.8 Å². The van der Waals surface area contributed by atoms with Crippen molar-refractivity contribution < 1.29 is 0 Å². The quantitative estimate of drug-likeness (QED) is 0.865. The third kappa shape index (κ3) is 3.80. The van der Waals surface area contributed by atoms with Crippen LogP contribution in [-0.4, -0.2) is 28.5 Å². The number of nitrogens with zero attached hydrogens (tertiary/aromatic N) is 2. The Kier molecular flexibility index (Phi) is 5.55. The molecule has 1 fully saturated rings. The number of hydrogen-bond donors (Lipinski definition) is 1. The molecule has 0 saturated heterocycles. The van der Waals surface area contributed by atoms with E-state index in [4.69, 9.17) is 5.73 Å². The first-order chi connectivity index (χ1) is 9.59. The van der Waals surface area contributed by atoms with Gasteiger partial charge in [-0.15, -0.1) is 0 Å². The maximum atomic E-state index is 6.35. The Morgan fingerprint density at radius 1 is 1.20 bits per heavy atom. The molecule has 2 atom stereocenters. The highest BCUT2D eigenvalue weighted by molar-refractivity contribution is 5.17. The van der Waals surface area contributed by atoms with Crippen LogP contribution in [0.15, 0.2) is 24.5 Å². The Morgan fingerprint density at radius 3 is 2.30 bits per heavy atom. The summed E-state index contributed by atoms with van der Waals surface area (Å²) in [5, 5.41) is 0. The fourth-order valence-electron chi connectivity index (χ4n) is 3.50. The van der Waals surface area contributed by atoms with E-state index in [1.807, 2.05) is 12.4 Å². The van der Waals surface area contributed by atoms with Crippen LogP contribution in [0.25, 0.3) is 0 Å². The van der Waals surface area contributed by atoms with E-state index in [1.165, 1.54) is 31.2 Å². The highest BCUT2D eigenvalue weighted by atomic mass is 15.2. The lowest BCUT2D eigenvalue weighted by Crippen LogP contribution is -2.46. The van der Waals surface area contributed by atoms with Crippen LogP contribution in [-0.2, 0) is 0 Å². The van der Waals surface area contributed by atoms with E-state index in [-0.39, 0.29) is 6.04 Å². The minimum atomic E-state index is 0.136. The fourth-order valence-corrected chi connectivity index (χ4v) is 3.50. The second-order valence-electron chi connectivity index (χ2n) is 6.61. The molecule has 0 bridgehead atoms. The lowest BCUT2D eigenvalue weighted by Gasteiger charge is -2.40. The molecule has 1 aliphatic carbocycles. The average molecular weight is 275 g/mol. The molecule has 0 aliphatic heterocycles. The van der Waals surface area contributed by atoms with E-state index in [0.29, 0.717) is 18.0 Å². The molecule has 0 aromatic carbocycles. The Labute approximate surface area is 123 Å². The van der Waals surface area contributed by atoms with Gasteiger partial charge in [0.2, 0.25) is 0 Å². The molecule has 1 aromatic rings. The van der Waals surface area contributed by atoms with Crippen LogP contribution < -0.4 is 5.73 Å². The summed E-state index contributed by atoms with van der Waals surface area (Å²) in [6.07, 6.45) is 9.13. The molecular weight excluding hydrogens is 246 g/mol. The zero-order chi connectivity index (χ0) is 14.5. The molecule has 3 nitrogen and oxygen atoms in total. The zero-order valence-corrected chi connectivity index (χ0v) is 13.1. The van der Waals surface area contributed by atoms with Gasteiger partial charge in [0.05, 0.1) is 6.04 Å². The number of aromatic nitrogens is 1. The van der Waals surface area contributed by atoms with Crippen molar-refractivity contribution in [2.24, 2.45) is 11.7 Å². The van der Waals surface area contributed by atoms with E-state index in [9.17, 15) is 0 Å². The minimum absolute atomic E-state index is 0.136. The largest absolute Gasteiger partial charge is 0.326 e. The van der Waals surface area contributed by atoms with Crippen molar-refractivity contribution in [2.75, 3.05) is 6.54 Å². The minimum Gasteiger partial charge on any atom is -0.326 e. The molecule has 3 heteroatoms. The van der Waals surface area contributed by atoms with Gasteiger partial charge >= 0.3 is 0 Å². The van der Waals surface area contributed by atoms with E-state index in [0.717, 1.165) is 6.54 Å². The second-order valence-corrected chi connectivity index (χ2v) is 6.61. The van der Waals surface area contributed by atoms with Crippen molar-refractivity contribution in [3.05, 3.63) is 30.1 Å². The highest BCUT2D eigenvalue weighted by Gasteiger charge is 2.32. The summed E-state index contributed by atoms with van der Waals surface area (Å²) in [5.41, 5.74) is 7.66. The van der Waals surface area contributed by atoms with Gasteiger partial charge in [-0.1, -0.05) is 26.7 Å². The van der Waals surface area contributed by atoms with Gasteiger partial charge in [-0.2, -0.15) is 0 Å². The lowest BCUT2D eigenvalue weighted by atomic mass is 9.96. The number of pyridine rings is 1. The molecule has 0 amide bonds. The summed E-state index contributed by atoms with van der Waals surface area (Å²) in [5.74, 6) is 0.665. The van der Waals surface area contributed by atoms with Crippen LogP contribution in [0, 0.1) is 5.92 Å². The smallest absolute Gasteiger partial charge is 0.0500 e. The average Bonchev–Trinajstić information content (AvgIpc) is 2.92. The van der Waals surface area contributed by atoms with Crippen molar-refractivity contribution in [1.29, 1.82) is 0 Å². The van der Waals surface area contributed by atoms with Crippen LogP contribution in [0.3, 0.4) is 0 Å². The van der Waals surface area contributed by atoms with Gasteiger partial charge in [0.1, 0.15) is 0 Å². The molecular formula is C17H29N3. The van der Waals surface area contributed by atoms with Crippen molar-refractivity contribution in [3.63, 3.8) is 0 Å². The summed E-state index contributed by atoms with van der Waals surface area (Å²) in [6.45, 7) is 7.85. The zero-order valence-electron chi connectivity index (χ0n) is 13.1. The standard InChI is InChI=1S/C17H29N3/c1-13(2)12-20(16-6-4-5-7-16)17(14(3)18)15-8-10-19-11-9-15/h8-11,13-14,16-17H,4-7,12,18H2,1-3H3. The number of hydrogen-bond acceptors (Lipinski definition) is 3. The van der Waals surface area contributed by atoms with E-state index in [1.54, 1.807) is 0 Å². The third-order valence-corrected chi connectivity index (χ3v) is 4.27. The van der Waals surface area contributed by atoms with Crippen molar-refractivity contribution in [1.82, 2.24) is 9.88 Å². The van der Waals surface area contributed by atoms with Crippen molar-refractivity contribution >= 4 is 0 Å². The van der Waals surface area contributed by atoms with E-state index < -0.39 is 0 Å². The molecule has 2 N–H and O–H groups in total. The maximum Gasteiger partial charge on any atom is 0.0500 e. The first-order valence-corrected chi connectivity index (χ1v) is 8.01. The Balaban J connectivity index is 2.26. The first kappa shape index (κ1) is 15.5. The molecule has 2 unspecified atom stereocenters. The molecule has 1 aliphatic rings. The van der Waals surface area contributed by atoms with Crippen LogP contribution >= 0.6 is 0 Å². The SMILES string of the molecule is CC(C)CN(C1CCCC1)C(c1ccncc1)C(C)N. The van der Waals surface area contributed by atoms with Crippen LogP contribution in [0.2, 0.25) is 0 Å². The molecule has 0 spiro atoms. The maximum absolute atomic E-state index is 6.35. The molecule has 20 heavy (non-hydrogen) atoms. The predicted molar refractivity (Wildman–Crippen MR) is 84.4 cm³/mol. The van der Waals surface area contributed by atoms with Gasteiger partial charge in [-0.3, -0.25) is 9.88 Å². The lowest BCUT2D eigenvalue weighted by molar-refractivity contribution is 0.104. The third-order valence-electron chi connectivity index (χ3n) is 4.27. The Hall–Kier alpha value is -0.930. The van der Waals surface area contributed by atoms with Gasteiger partial charge in [0.15, 0.2) is 0 Å². The monoisotopic (exact) mass is 275 g/mol. The Bertz CT molecular complexity index is 382. The normalized spacial score (nSPS) is 19.7. The van der Waals surface area contributed by atoms with Crippen LogP contribution in [0.1, 0.15) is 58.1 Å². The molecule has 1 saturated carbocycles. The summed E-state index contributed by atoms with van der Waals surface area (Å²) >= 11 is 0. The predicted octanol–water partition coefficient (Wildman–Crippen LogP) is 3.37. The van der Waals surface area contributed by atoms with Gasteiger partial charge < -0.3 is 5.73 Å². The van der Waals surface area contributed by atoms with Crippen molar-refractivity contribution in [3.8, 4) is 0 Å². The van der Waals surface area contributed by atoms with Crippen molar-refractivity contribution in [2.45, 2.75) is 64.6 Å². The van der Waals surface area contributed by atoms with Crippen LogP contribution in [0.5, 0.6) is 0 Å². The fraction of sp³-hybridized carbons (Fsp3) is 0.706.